The Morgan fingerprint density at radius 2 is 1.97 bits per heavy atom. The van der Waals surface area contributed by atoms with E-state index in [-0.39, 0.29) is 5.91 Å². The fraction of sp³-hybridized carbons (Fsp3) is 0.269. The van der Waals surface area contributed by atoms with Gasteiger partial charge in [-0.1, -0.05) is 24.3 Å². The topological polar surface area (TPSA) is 104 Å². The van der Waals surface area contributed by atoms with Crippen molar-refractivity contribution in [3.63, 3.8) is 0 Å². The molecule has 2 atom stereocenters. The largest absolute Gasteiger partial charge is 0.489 e. The van der Waals surface area contributed by atoms with Crippen molar-refractivity contribution in [2.75, 3.05) is 19.6 Å². The van der Waals surface area contributed by atoms with Crippen molar-refractivity contribution in [2.45, 2.75) is 19.6 Å². The van der Waals surface area contributed by atoms with E-state index in [9.17, 15) is 9.59 Å². The molecule has 34 heavy (non-hydrogen) atoms. The summed E-state index contributed by atoms with van der Waals surface area (Å²) in [4.78, 5) is 31.4. The fourth-order valence-electron chi connectivity index (χ4n) is 4.34. The number of carbonyl (C=O) groups excluding carboxylic acids is 2. The molecular weight excluding hydrogens is 432 g/mol. The van der Waals surface area contributed by atoms with Crippen LogP contribution in [0.5, 0.6) is 5.75 Å². The number of likely N-dealkylation sites (tertiary alicyclic amines) is 1. The zero-order valence-electron chi connectivity index (χ0n) is 19.0. The summed E-state index contributed by atoms with van der Waals surface area (Å²) in [6.45, 7) is 7.58. The molecule has 1 aliphatic rings. The Morgan fingerprint density at radius 3 is 2.71 bits per heavy atom. The minimum Gasteiger partial charge on any atom is -0.489 e. The van der Waals surface area contributed by atoms with Gasteiger partial charge in [0.25, 0.3) is 5.91 Å². The van der Waals surface area contributed by atoms with Crippen molar-refractivity contribution in [1.82, 2.24) is 20.7 Å². The first-order valence-electron chi connectivity index (χ1n) is 11.1. The van der Waals surface area contributed by atoms with E-state index in [1.807, 2.05) is 42.2 Å². The van der Waals surface area contributed by atoms with E-state index < -0.39 is 17.9 Å². The summed E-state index contributed by atoms with van der Waals surface area (Å²) >= 11 is 0. The van der Waals surface area contributed by atoms with Gasteiger partial charge in [-0.05, 0) is 43.3 Å². The highest BCUT2D eigenvalue weighted by molar-refractivity contribution is 5.95. The van der Waals surface area contributed by atoms with Gasteiger partial charge in [-0.15, -0.1) is 6.58 Å². The lowest BCUT2D eigenvalue weighted by atomic mass is 10.0. The van der Waals surface area contributed by atoms with Gasteiger partial charge in [-0.3, -0.25) is 24.7 Å². The first kappa shape index (κ1) is 23.4. The Bertz CT molecular complexity index is 1200. The Hall–Kier alpha value is -3.75. The second-order valence-electron chi connectivity index (χ2n) is 8.42. The number of hydrogen-bond donors (Lipinski definition) is 3. The third kappa shape index (κ3) is 5.24. The number of ether oxygens (including phenoxy) is 1. The van der Waals surface area contributed by atoms with E-state index in [0.717, 1.165) is 22.2 Å². The molecule has 2 amide bonds. The molecule has 8 heteroatoms. The Kier molecular flexibility index (Phi) is 7.20. The van der Waals surface area contributed by atoms with Crippen LogP contribution in [0.15, 0.2) is 67.3 Å². The molecule has 2 aromatic carbocycles. The SMILES string of the molecule is C=CCN1C[C@H](C(=O)NO)[C@H](NC(=O)c2ccc(OCc3cc(C)nc4ccccc34)cc2)C1. The van der Waals surface area contributed by atoms with E-state index in [2.05, 4.69) is 16.9 Å². The molecule has 0 spiro atoms. The number of benzene rings is 2. The standard InChI is InChI=1S/C26H28N4O4/c1-3-12-30-14-22(26(32)29-33)24(15-30)28-25(31)18-8-10-20(11-9-18)34-16-19-13-17(2)27-23-7-5-4-6-21(19)23/h3-11,13,22,24,33H,1,12,14-16H2,2H3,(H,28,31)(H,29,32)/t22-,24+/m0/s1. The predicted octanol–water partition coefficient (Wildman–Crippen LogP) is 2.84. The number of nitrogens with one attached hydrogen (secondary N) is 2. The van der Waals surface area contributed by atoms with Gasteiger partial charge >= 0.3 is 0 Å². The van der Waals surface area contributed by atoms with Crippen LogP contribution in [0.25, 0.3) is 10.9 Å². The number of aromatic nitrogens is 1. The fourth-order valence-corrected chi connectivity index (χ4v) is 4.34. The molecule has 1 saturated heterocycles. The molecule has 8 nitrogen and oxygen atoms in total. The van der Waals surface area contributed by atoms with Crippen molar-refractivity contribution in [3.8, 4) is 5.75 Å². The minimum absolute atomic E-state index is 0.288. The maximum atomic E-state index is 12.8. The van der Waals surface area contributed by atoms with Crippen molar-refractivity contribution in [1.29, 1.82) is 0 Å². The van der Waals surface area contributed by atoms with Crippen LogP contribution in [0.4, 0.5) is 0 Å². The maximum Gasteiger partial charge on any atom is 0.251 e. The third-order valence-corrected chi connectivity index (χ3v) is 5.99. The van der Waals surface area contributed by atoms with Crippen LogP contribution in [0.3, 0.4) is 0 Å². The quantitative estimate of drug-likeness (QED) is 0.271. The number of amides is 2. The van der Waals surface area contributed by atoms with Crippen molar-refractivity contribution >= 4 is 22.7 Å². The molecule has 3 N–H and O–H groups in total. The van der Waals surface area contributed by atoms with Crippen LogP contribution in [0.1, 0.15) is 21.6 Å². The van der Waals surface area contributed by atoms with Crippen LogP contribution >= 0.6 is 0 Å². The number of nitrogens with zero attached hydrogens (tertiary/aromatic N) is 2. The third-order valence-electron chi connectivity index (χ3n) is 5.99. The molecular formula is C26H28N4O4. The second-order valence-corrected chi connectivity index (χ2v) is 8.42. The second kappa shape index (κ2) is 10.5. The molecule has 0 bridgehead atoms. The molecule has 0 unspecified atom stereocenters. The van der Waals surface area contributed by atoms with Gasteiger partial charge in [0, 0.05) is 41.8 Å². The number of hydrogen-bond acceptors (Lipinski definition) is 6. The van der Waals surface area contributed by atoms with E-state index >= 15 is 0 Å². The molecule has 0 saturated carbocycles. The zero-order chi connectivity index (χ0) is 24.1. The van der Waals surface area contributed by atoms with Crippen LogP contribution in [0.2, 0.25) is 0 Å². The number of rotatable bonds is 8. The maximum absolute atomic E-state index is 12.8. The van der Waals surface area contributed by atoms with Gasteiger partial charge in [0.2, 0.25) is 5.91 Å². The van der Waals surface area contributed by atoms with E-state index in [1.54, 1.807) is 35.8 Å². The van der Waals surface area contributed by atoms with Gasteiger partial charge in [0.1, 0.15) is 12.4 Å². The summed E-state index contributed by atoms with van der Waals surface area (Å²) < 4.78 is 5.97. The summed E-state index contributed by atoms with van der Waals surface area (Å²) in [5.41, 5.74) is 5.06. The smallest absolute Gasteiger partial charge is 0.251 e. The van der Waals surface area contributed by atoms with Gasteiger partial charge in [-0.2, -0.15) is 0 Å². The lowest BCUT2D eigenvalue weighted by molar-refractivity contribution is -0.133. The van der Waals surface area contributed by atoms with Crippen LogP contribution in [-0.4, -0.2) is 52.6 Å². The van der Waals surface area contributed by atoms with Gasteiger partial charge in [0.15, 0.2) is 0 Å². The highest BCUT2D eigenvalue weighted by Gasteiger charge is 2.38. The molecule has 1 aliphatic heterocycles. The highest BCUT2D eigenvalue weighted by atomic mass is 16.5. The summed E-state index contributed by atoms with van der Waals surface area (Å²) in [6, 6.07) is 16.4. The molecule has 3 aromatic rings. The van der Waals surface area contributed by atoms with E-state index in [0.29, 0.717) is 37.6 Å². The summed E-state index contributed by atoms with van der Waals surface area (Å²) in [5.74, 6) is -0.705. The highest BCUT2D eigenvalue weighted by Crippen LogP contribution is 2.22. The summed E-state index contributed by atoms with van der Waals surface area (Å²) in [7, 11) is 0. The number of carbonyl (C=O) groups is 2. The molecule has 2 heterocycles. The molecule has 4 rings (SSSR count). The normalized spacial score (nSPS) is 17.9. The molecule has 1 aromatic heterocycles. The van der Waals surface area contributed by atoms with Crippen molar-refractivity contribution < 1.29 is 19.5 Å². The number of para-hydroxylation sites is 1. The first-order valence-corrected chi connectivity index (χ1v) is 11.1. The number of fused-ring (bicyclic) bond motifs is 1. The predicted molar refractivity (Wildman–Crippen MR) is 129 cm³/mol. The average molecular weight is 461 g/mol. The van der Waals surface area contributed by atoms with Crippen molar-refractivity contribution in [2.24, 2.45) is 5.92 Å². The van der Waals surface area contributed by atoms with E-state index in [4.69, 9.17) is 9.94 Å². The Balaban J connectivity index is 1.40. The van der Waals surface area contributed by atoms with Gasteiger partial charge in [0.05, 0.1) is 17.5 Å². The molecule has 0 aliphatic carbocycles. The van der Waals surface area contributed by atoms with E-state index in [1.165, 1.54) is 0 Å². The van der Waals surface area contributed by atoms with Gasteiger partial charge < -0.3 is 10.1 Å². The summed E-state index contributed by atoms with van der Waals surface area (Å²) in [5, 5.41) is 13.0. The molecule has 0 radical (unpaired) electrons. The minimum atomic E-state index is -0.546. The zero-order valence-corrected chi connectivity index (χ0v) is 19.0. The Labute approximate surface area is 198 Å². The average Bonchev–Trinajstić information content (AvgIpc) is 3.24. The lowest BCUT2D eigenvalue weighted by Crippen LogP contribution is -2.45. The summed E-state index contributed by atoms with van der Waals surface area (Å²) in [6.07, 6.45) is 1.74. The number of pyridine rings is 1. The molecule has 1 fully saturated rings. The van der Waals surface area contributed by atoms with Gasteiger partial charge in [-0.25, -0.2) is 5.48 Å². The van der Waals surface area contributed by atoms with Crippen LogP contribution in [0, 0.1) is 12.8 Å². The monoisotopic (exact) mass is 460 g/mol. The lowest BCUT2D eigenvalue weighted by Gasteiger charge is -2.18. The first-order chi connectivity index (χ1) is 16.5. The molecule has 176 valence electrons. The van der Waals surface area contributed by atoms with Crippen LogP contribution in [-0.2, 0) is 11.4 Å². The number of aryl methyl sites for hydroxylation is 1. The Morgan fingerprint density at radius 1 is 1.21 bits per heavy atom. The number of hydroxylamine groups is 1. The van der Waals surface area contributed by atoms with Crippen LogP contribution < -0.4 is 15.5 Å². The van der Waals surface area contributed by atoms with Crippen molar-refractivity contribution in [3.05, 3.63) is 84.1 Å².